The predicted molar refractivity (Wildman–Crippen MR) is 117 cm³/mol. The summed E-state index contributed by atoms with van der Waals surface area (Å²) in [6, 6.07) is 0. The molecule has 0 spiro atoms. The molecule has 1 aliphatic carbocycles. The van der Waals surface area contributed by atoms with Crippen LogP contribution in [0.2, 0.25) is 0 Å². The summed E-state index contributed by atoms with van der Waals surface area (Å²) in [5, 5.41) is 0. The molecule has 1 heterocycles. The molecule has 31 heavy (non-hydrogen) atoms. The van der Waals surface area contributed by atoms with Crippen molar-refractivity contribution >= 4 is 7.12 Å². The minimum atomic E-state index is -1.35. The fourth-order valence-corrected chi connectivity index (χ4v) is 3.28. The Bertz CT molecular complexity index is 542. The van der Waals surface area contributed by atoms with E-state index in [0.29, 0.717) is 72.1 Å². The zero-order valence-corrected chi connectivity index (χ0v) is 19.9. The summed E-state index contributed by atoms with van der Waals surface area (Å²) in [5.41, 5.74) is -1.08. The van der Waals surface area contributed by atoms with E-state index in [0.717, 1.165) is 5.47 Å². The van der Waals surface area contributed by atoms with E-state index in [1.165, 1.54) is 0 Å². The molecule has 2 rings (SSSR count). The van der Waals surface area contributed by atoms with E-state index in [4.69, 9.17) is 33.0 Å². The van der Waals surface area contributed by atoms with Crippen molar-refractivity contribution in [1.82, 2.24) is 0 Å². The standard InChI is InChI=1S/C22H40BFO7/c1-20(2)21(3,4)31-23(30-20)19-6-8-22(24,9-7-19)18-29-17-16-28-15-14-27-13-12-26-11-10-25-5/h6H,7-18H2,1-5H3. The van der Waals surface area contributed by atoms with Crippen LogP contribution in [0.25, 0.3) is 0 Å². The maximum absolute atomic E-state index is 15.0. The number of hydrogen-bond acceptors (Lipinski definition) is 7. The molecule has 1 unspecified atom stereocenters. The summed E-state index contributed by atoms with van der Waals surface area (Å²) in [7, 11) is 1.25. The van der Waals surface area contributed by atoms with Crippen LogP contribution in [0.3, 0.4) is 0 Å². The molecule has 0 bridgehead atoms. The molecule has 2 aliphatic rings. The van der Waals surface area contributed by atoms with E-state index in [1.807, 2.05) is 33.8 Å². The number of allylic oxidation sites excluding steroid dienone is 2. The first-order chi connectivity index (χ1) is 14.7. The summed E-state index contributed by atoms with van der Waals surface area (Å²) in [5.74, 6) is 0. The molecule has 0 aromatic rings. The summed E-state index contributed by atoms with van der Waals surface area (Å²) >= 11 is 0. The first-order valence-corrected chi connectivity index (χ1v) is 11.2. The molecule has 0 aromatic carbocycles. The van der Waals surface area contributed by atoms with Gasteiger partial charge in [-0.05, 0) is 46.0 Å². The number of ether oxygens (including phenoxy) is 5. The lowest BCUT2D eigenvalue weighted by molar-refractivity contribution is -0.0299. The Labute approximate surface area is 187 Å². The van der Waals surface area contributed by atoms with Gasteiger partial charge in [0.15, 0.2) is 0 Å². The number of methoxy groups -OCH3 is 1. The first kappa shape index (κ1) is 26.7. The minimum Gasteiger partial charge on any atom is -0.400 e. The Kier molecular flexibility index (Phi) is 10.9. The molecule has 0 aromatic heterocycles. The van der Waals surface area contributed by atoms with Crippen LogP contribution in [0, 0.1) is 0 Å². The van der Waals surface area contributed by atoms with Crippen molar-refractivity contribution < 1.29 is 37.4 Å². The monoisotopic (exact) mass is 446 g/mol. The normalized spacial score (nSPS) is 25.1. The fourth-order valence-electron chi connectivity index (χ4n) is 3.28. The van der Waals surface area contributed by atoms with Gasteiger partial charge in [0.25, 0.3) is 0 Å². The molecule has 0 radical (unpaired) electrons. The largest absolute Gasteiger partial charge is 0.490 e. The lowest BCUT2D eigenvalue weighted by atomic mass is 9.70. The first-order valence-electron chi connectivity index (χ1n) is 11.2. The summed E-state index contributed by atoms with van der Waals surface area (Å²) in [6.07, 6.45) is 3.25. The molecule has 1 saturated heterocycles. The number of hydrogen-bond donors (Lipinski definition) is 0. The average molecular weight is 446 g/mol. The number of halogens is 1. The van der Waals surface area contributed by atoms with E-state index in [-0.39, 0.29) is 24.9 Å². The van der Waals surface area contributed by atoms with Crippen molar-refractivity contribution in [1.29, 1.82) is 0 Å². The molecular formula is C22H40BFO7. The van der Waals surface area contributed by atoms with Crippen LogP contribution in [0.1, 0.15) is 47.0 Å². The Morgan fingerprint density at radius 2 is 1.32 bits per heavy atom. The summed E-state index contributed by atoms with van der Waals surface area (Å²) in [4.78, 5) is 0. The van der Waals surface area contributed by atoms with Crippen LogP contribution in [0.4, 0.5) is 4.39 Å². The number of alkyl halides is 1. The summed E-state index contributed by atoms with van der Waals surface area (Å²) < 4.78 is 53.7. The quantitative estimate of drug-likeness (QED) is 0.283. The van der Waals surface area contributed by atoms with Gasteiger partial charge in [0.1, 0.15) is 5.67 Å². The zero-order valence-electron chi connectivity index (χ0n) is 19.9. The van der Waals surface area contributed by atoms with E-state index < -0.39 is 5.67 Å². The molecule has 1 aliphatic heterocycles. The predicted octanol–water partition coefficient (Wildman–Crippen LogP) is 3.15. The van der Waals surface area contributed by atoms with Gasteiger partial charge in [0.2, 0.25) is 0 Å². The van der Waals surface area contributed by atoms with E-state index >= 15 is 4.39 Å². The second-order valence-corrected chi connectivity index (χ2v) is 9.10. The van der Waals surface area contributed by atoms with Gasteiger partial charge in [-0.15, -0.1) is 0 Å². The third-order valence-electron chi connectivity index (χ3n) is 6.06. The Morgan fingerprint density at radius 1 is 0.839 bits per heavy atom. The van der Waals surface area contributed by atoms with E-state index in [2.05, 4.69) is 0 Å². The van der Waals surface area contributed by atoms with Gasteiger partial charge in [-0.3, -0.25) is 0 Å². The van der Waals surface area contributed by atoms with Crippen LogP contribution in [-0.2, 0) is 33.0 Å². The van der Waals surface area contributed by atoms with E-state index in [9.17, 15) is 0 Å². The Hall–Kier alpha value is -0.545. The molecule has 1 atom stereocenters. The molecule has 1 fully saturated rings. The highest BCUT2D eigenvalue weighted by atomic mass is 19.1. The van der Waals surface area contributed by atoms with Crippen molar-refractivity contribution in [3.05, 3.63) is 11.5 Å². The van der Waals surface area contributed by atoms with Crippen molar-refractivity contribution in [3.63, 3.8) is 0 Å². The van der Waals surface area contributed by atoms with Crippen molar-refractivity contribution in [2.45, 2.75) is 63.8 Å². The van der Waals surface area contributed by atoms with Crippen LogP contribution in [0.15, 0.2) is 11.5 Å². The Morgan fingerprint density at radius 3 is 1.77 bits per heavy atom. The zero-order chi connectivity index (χ0) is 22.8. The van der Waals surface area contributed by atoms with Crippen LogP contribution >= 0.6 is 0 Å². The van der Waals surface area contributed by atoms with Crippen molar-refractivity contribution in [3.8, 4) is 0 Å². The molecule has 0 saturated carbocycles. The molecule has 0 N–H and O–H groups in total. The Balaban J connectivity index is 1.51. The molecule has 0 amide bonds. The maximum atomic E-state index is 15.0. The van der Waals surface area contributed by atoms with Gasteiger partial charge in [0, 0.05) is 13.5 Å². The number of rotatable bonds is 15. The second-order valence-electron chi connectivity index (χ2n) is 9.10. The van der Waals surface area contributed by atoms with Gasteiger partial charge in [-0.1, -0.05) is 6.08 Å². The smallest absolute Gasteiger partial charge is 0.400 e. The highest BCUT2D eigenvalue weighted by Gasteiger charge is 2.53. The highest BCUT2D eigenvalue weighted by molar-refractivity contribution is 6.54. The van der Waals surface area contributed by atoms with E-state index in [1.54, 1.807) is 7.11 Å². The summed E-state index contributed by atoms with van der Waals surface area (Å²) in [6.45, 7) is 12.1. The van der Waals surface area contributed by atoms with Crippen molar-refractivity contribution in [2.75, 3.05) is 66.6 Å². The van der Waals surface area contributed by atoms with Crippen LogP contribution in [0.5, 0.6) is 0 Å². The topological polar surface area (TPSA) is 64.6 Å². The van der Waals surface area contributed by atoms with Crippen molar-refractivity contribution in [2.24, 2.45) is 0 Å². The average Bonchev–Trinajstić information content (AvgIpc) is 2.93. The lowest BCUT2D eigenvalue weighted by Crippen LogP contribution is -2.41. The lowest BCUT2D eigenvalue weighted by Gasteiger charge is -2.32. The van der Waals surface area contributed by atoms with Gasteiger partial charge in [-0.2, -0.15) is 0 Å². The third-order valence-corrected chi connectivity index (χ3v) is 6.06. The van der Waals surface area contributed by atoms with Crippen LogP contribution < -0.4 is 0 Å². The second kappa shape index (κ2) is 12.6. The minimum absolute atomic E-state index is 0.0683. The van der Waals surface area contributed by atoms with Gasteiger partial charge in [0.05, 0.1) is 70.7 Å². The van der Waals surface area contributed by atoms with Gasteiger partial charge < -0.3 is 33.0 Å². The SMILES string of the molecule is COCCOCCOCCOCCOCC1(F)CC=C(B2OC(C)(C)C(C)(C)O2)CC1. The fraction of sp³-hybridized carbons (Fsp3) is 0.909. The van der Waals surface area contributed by atoms with Gasteiger partial charge >= 0.3 is 7.12 Å². The van der Waals surface area contributed by atoms with Gasteiger partial charge in [-0.25, -0.2) is 4.39 Å². The third kappa shape index (κ3) is 8.72. The molecular weight excluding hydrogens is 406 g/mol. The molecule has 180 valence electrons. The highest BCUT2D eigenvalue weighted by Crippen LogP contribution is 2.41. The molecule has 7 nitrogen and oxygen atoms in total. The van der Waals surface area contributed by atoms with Crippen LogP contribution in [-0.4, -0.2) is 90.6 Å². The maximum Gasteiger partial charge on any atom is 0.490 e. The molecule has 9 heteroatoms.